The Balaban J connectivity index is 1.84. The molecule has 0 N–H and O–H groups in total. The van der Waals surface area contributed by atoms with E-state index in [0.717, 1.165) is 16.7 Å². The molecule has 3 aromatic rings. The van der Waals surface area contributed by atoms with Crippen LogP contribution in [0.1, 0.15) is 15.9 Å². The summed E-state index contributed by atoms with van der Waals surface area (Å²) < 4.78 is 6.20. The van der Waals surface area contributed by atoms with Crippen LogP contribution in [0.2, 0.25) is 0 Å². The lowest BCUT2D eigenvalue weighted by Crippen LogP contribution is -2.21. The number of ether oxygens (including phenoxy) is 1. The summed E-state index contributed by atoms with van der Waals surface area (Å²) in [4.78, 5) is 23.6. The topological polar surface area (TPSA) is 48.3 Å². The summed E-state index contributed by atoms with van der Waals surface area (Å²) >= 11 is 0. The second kappa shape index (κ2) is 6.96. The van der Waals surface area contributed by atoms with Gasteiger partial charge < -0.3 is 9.30 Å². The fourth-order valence-corrected chi connectivity index (χ4v) is 2.52. The molecule has 0 aliphatic rings. The third kappa shape index (κ3) is 3.43. The van der Waals surface area contributed by atoms with E-state index < -0.39 is 5.97 Å². The third-order valence-corrected chi connectivity index (χ3v) is 3.82. The minimum absolute atomic E-state index is 0.158. The zero-order valence-electron chi connectivity index (χ0n) is 13.3. The van der Waals surface area contributed by atoms with Crippen LogP contribution in [0.15, 0.2) is 77.7 Å². The highest BCUT2D eigenvalue weighted by atomic mass is 16.5. The van der Waals surface area contributed by atoms with E-state index in [1.54, 1.807) is 0 Å². The van der Waals surface area contributed by atoms with Crippen molar-refractivity contribution in [2.24, 2.45) is 0 Å². The van der Waals surface area contributed by atoms with Crippen LogP contribution in [0.25, 0.3) is 11.1 Å². The third-order valence-electron chi connectivity index (χ3n) is 3.82. The zero-order chi connectivity index (χ0) is 16.9. The van der Waals surface area contributed by atoms with Crippen LogP contribution in [0, 0.1) is 0 Å². The van der Waals surface area contributed by atoms with Crippen LogP contribution in [-0.4, -0.2) is 17.6 Å². The van der Waals surface area contributed by atoms with Crippen LogP contribution in [0.3, 0.4) is 0 Å². The quantitative estimate of drug-likeness (QED) is 0.693. The maximum Gasteiger partial charge on any atom is 0.339 e. The Hall–Kier alpha value is -3.14. The Bertz CT molecular complexity index is 896. The van der Waals surface area contributed by atoms with Gasteiger partial charge in [-0.2, -0.15) is 0 Å². The van der Waals surface area contributed by atoms with E-state index in [0.29, 0.717) is 12.1 Å². The van der Waals surface area contributed by atoms with E-state index in [4.69, 9.17) is 4.74 Å². The largest absolute Gasteiger partial charge is 0.465 e. The van der Waals surface area contributed by atoms with Gasteiger partial charge in [-0.15, -0.1) is 0 Å². The Kier molecular flexibility index (Phi) is 4.57. The Morgan fingerprint density at radius 3 is 2.25 bits per heavy atom. The molecule has 1 aromatic heterocycles. The van der Waals surface area contributed by atoms with Crippen LogP contribution < -0.4 is 5.56 Å². The van der Waals surface area contributed by atoms with E-state index in [1.165, 1.54) is 30.0 Å². The van der Waals surface area contributed by atoms with Gasteiger partial charge in [-0.1, -0.05) is 54.6 Å². The monoisotopic (exact) mass is 319 g/mol. The number of carbonyl (C=O) groups excluding carboxylic acids is 1. The molecule has 0 unspecified atom stereocenters. The van der Waals surface area contributed by atoms with Crippen molar-refractivity contribution in [1.82, 2.24) is 4.57 Å². The van der Waals surface area contributed by atoms with Gasteiger partial charge >= 0.3 is 5.97 Å². The molecule has 4 nitrogen and oxygen atoms in total. The smallest absolute Gasteiger partial charge is 0.339 e. The number of hydrogen-bond donors (Lipinski definition) is 0. The molecule has 120 valence electrons. The van der Waals surface area contributed by atoms with Gasteiger partial charge in [0, 0.05) is 12.3 Å². The summed E-state index contributed by atoms with van der Waals surface area (Å²) in [5.41, 5.74) is 3.45. The minimum Gasteiger partial charge on any atom is -0.465 e. The van der Waals surface area contributed by atoms with E-state index in [9.17, 15) is 9.59 Å². The number of esters is 1. The maximum atomic E-state index is 12.0. The van der Waals surface area contributed by atoms with Gasteiger partial charge in [0.25, 0.3) is 5.56 Å². The van der Waals surface area contributed by atoms with Crippen LogP contribution in [-0.2, 0) is 11.3 Å². The average molecular weight is 319 g/mol. The predicted octanol–water partition coefficient (Wildman–Crippen LogP) is 3.35. The molecule has 0 saturated carbocycles. The van der Waals surface area contributed by atoms with Gasteiger partial charge in [0.05, 0.1) is 19.2 Å². The summed E-state index contributed by atoms with van der Waals surface area (Å²) in [5, 5.41) is 0. The molecule has 0 bridgehead atoms. The molecule has 2 aromatic carbocycles. The zero-order valence-corrected chi connectivity index (χ0v) is 13.3. The van der Waals surface area contributed by atoms with Crippen molar-refractivity contribution < 1.29 is 9.53 Å². The van der Waals surface area contributed by atoms with Crippen molar-refractivity contribution in [3.05, 3.63) is 94.4 Å². The lowest BCUT2D eigenvalue weighted by molar-refractivity contribution is 0.0599. The molecule has 0 spiro atoms. The summed E-state index contributed by atoms with van der Waals surface area (Å²) in [5.74, 6) is -0.455. The van der Waals surface area contributed by atoms with E-state index in [-0.39, 0.29) is 5.56 Å². The van der Waals surface area contributed by atoms with Crippen molar-refractivity contribution in [3.63, 3.8) is 0 Å². The summed E-state index contributed by atoms with van der Waals surface area (Å²) in [6.45, 7) is 0.402. The second-order valence-electron chi connectivity index (χ2n) is 5.44. The fraction of sp³-hybridized carbons (Fsp3) is 0.100. The number of nitrogens with zero attached hydrogens (tertiary/aromatic N) is 1. The van der Waals surface area contributed by atoms with E-state index >= 15 is 0 Å². The Labute approximate surface area is 140 Å². The van der Waals surface area contributed by atoms with Crippen LogP contribution in [0.5, 0.6) is 0 Å². The number of aromatic nitrogens is 1. The molecule has 0 aliphatic carbocycles. The fourth-order valence-electron chi connectivity index (χ4n) is 2.52. The first-order valence-electron chi connectivity index (χ1n) is 7.60. The summed E-state index contributed by atoms with van der Waals surface area (Å²) in [7, 11) is 1.32. The number of benzene rings is 2. The molecule has 0 fully saturated rings. The molecule has 3 rings (SSSR count). The number of carbonyl (C=O) groups is 1. The molecular formula is C20H17NO3. The van der Waals surface area contributed by atoms with E-state index in [2.05, 4.69) is 12.1 Å². The van der Waals surface area contributed by atoms with Gasteiger partial charge in [-0.05, 0) is 22.8 Å². The first kappa shape index (κ1) is 15.7. The van der Waals surface area contributed by atoms with Crippen molar-refractivity contribution in [2.45, 2.75) is 6.54 Å². The van der Waals surface area contributed by atoms with Crippen molar-refractivity contribution in [2.75, 3.05) is 7.11 Å². The lowest BCUT2D eigenvalue weighted by atomic mass is 10.0. The van der Waals surface area contributed by atoms with Crippen LogP contribution >= 0.6 is 0 Å². The Morgan fingerprint density at radius 1 is 0.917 bits per heavy atom. The lowest BCUT2D eigenvalue weighted by Gasteiger charge is -2.09. The molecule has 0 aliphatic heterocycles. The summed E-state index contributed by atoms with van der Waals surface area (Å²) in [6.07, 6.45) is 1.53. The first-order valence-corrected chi connectivity index (χ1v) is 7.60. The normalized spacial score (nSPS) is 10.4. The molecule has 0 saturated heterocycles. The maximum absolute atomic E-state index is 12.0. The summed E-state index contributed by atoms with van der Waals surface area (Å²) in [6, 6.07) is 21.0. The van der Waals surface area contributed by atoms with Crippen molar-refractivity contribution in [3.8, 4) is 11.1 Å². The number of rotatable bonds is 4. The number of pyridine rings is 1. The van der Waals surface area contributed by atoms with Gasteiger partial charge in [-0.3, -0.25) is 4.79 Å². The standard InChI is InChI=1S/C20H17NO3/c1-24-20(23)18-11-12-19(22)21(14-18)13-15-7-9-17(10-8-15)16-5-3-2-4-6-16/h2-12,14H,13H2,1H3. The average Bonchev–Trinajstić information content (AvgIpc) is 2.64. The molecule has 1 heterocycles. The highest BCUT2D eigenvalue weighted by Crippen LogP contribution is 2.19. The molecule has 0 radical (unpaired) electrons. The SMILES string of the molecule is COC(=O)c1ccc(=O)n(Cc2ccc(-c3ccccc3)cc2)c1. The molecule has 24 heavy (non-hydrogen) atoms. The highest BCUT2D eigenvalue weighted by molar-refractivity contribution is 5.88. The molecule has 0 amide bonds. The molecule has 0 atom stereocenters. The van der Waals surface area contributed by atoms with Crippen LogP contribution in [0.4, 0.5) is 0 Å². The van der Waals surface area contributed by atoms with Gasteiger partial charge in [0.2, 0.25) is 0 Å². The van der Waals surface area contributed by atoms with Crippen molar-refractivity contribution >= 4 is 5.97 Å². The van der Waals surface area contributed by atoms with Crippen molar-refractivity contribution in [1.29, 1.82) is 0 Å². The highest BCUT2D eigenvalue weighted by Gasteiger charge is 2.08. The van der Waals surface area contributed by atoms with Gasteiger partial charge in [0.1, 0.15) is 0 Å². The molecule has 4 heteroatoms. The minimum atomic E-state index is -0.455. The second-order valence-corrected chi connectivity index (χ2v) is 5.44. The number of hydrogen-bond acceptors (Lipinski definition) is 3. The predicted molar refractivity (Wildman–Crippen MR) is 93.0 cm³/mol. The first-order chi connectivity index (χ1) is 11.7. The van der Waals surface area contributed by atoms with Gasteiger partial charge in [-0.25, -0.2) is 4.79 Å². The molecular weight excluding hydrogens is 302 g/mol. The number of methoxy groups -OCH3 is 1. The Morgan fingerprint density at radius 2 is 1.58 bits per heavy atom. The van der Waals surface area contributed by atoms with Gasteiger partial charge in [0.15, 0.2) is 0 Å². The van der Waals surface area contributed by atoms with E-state index in [1.807, 2.05) is 42.5 Å².